The largest absolute Gasteiger partial charge is 0.465 e. The molecule has 0 spiro atoms. The average Bonchev–Trinajstić information content (AvgIpc) is 2.73. The van der Waals surface area contributed by atoms with Crippen LogP contribution in [0, 0.1) is 0 Å². The van der Waals surface area contributed by atoms with Crippen molar-refractivity contribution in [2.45, 2.75) is 0 Å². The van der Waals surface area contributed by atoms with Crippen LogP contribution < -0.4 is 10.2 Å². The van der Waals surface area contributed by atoms with Crippen LogP contribution in [0.5, 0.6) is 0 Å². The highest BCUT2D eigenvalue weighted by molar-refractivity contribution is 6.07. The van der Waals surface area contributed by atoms with Crippen LogP contribution in [0.25, 0.3) is 0 Å². The number of pyridine rings is 1. The number of benzene rings is 1. The van der Waals surface area contributed by atoms with Gasteiger partial charge in [-0.15, -0.1) is 0 Å². The van der Waals surface area contributed by atoms with E-state index in [1.54, 1.807) is 41.3 Å². The second-order valence-electron chi connectivity index (χ2n) is 6.02. The number of anilines is 2. The zero-order chi connectivity index (χ0) is 19.2. The molecule has 1 aliphatic rings. The number of ether oxygens (including phenoxy) is 1. The number of amides is 2. The Kier molecular flexibility index (Phi) is 5.65. The van der Waals surface area contributed by atoms with Crippen molar-refractivity contribution in [2.75, 3.05) is 43.5 Å². The summed E-state index contributed by atoms with van der Waals surface area (Å²) in [5, 5.41) is 2.72. The van der Waals surface area contributed by atoms with E-state index in [-0.39, 0.29) is 11.5 Å². The average molecular weight is 368 g/mol. The molecule has 2 amide bonds. The molecular weight excluding hydrogens is 348 g/mol. The second-order valence-corrected chi connectivity index (χ2v) is 6.02. The summed E-state index contributed by atoms with van der Waals surface area (Å²) < 4.78 is 4.73. The first kappa shape index (κ1) is 18.4. The van der Waals surface area contributed by atoms with Gasteiger partial charge >= 0.3 is 5.97 Å². The van der Waals surface area contributed by atoms with Gasteiger partial charge in [-0.2, -0.15) is 0 Å². The van der Waals surface area contributed by atoms with Gasteiger partial charge in [-0.05, 0) is 24.3 Å². The summed E-state index contributed by atoms with van der Waals surface area (Å²) in [6.45, 7) is 2.70. The summed E-state index contributed by atoms with van der Waals surface area (Å²) in [7, 11) is 1.29. The number of nitrogens with one attached hydrogen (secondary N) is 1. The molecule has 1 aromatic heterocycles. The molecule has 1 fully saturated rings. The molecule has 0 atom stereocenters. The zero-order valence-corrected chi connectivity index (χ0v) is 14.9. The maximum absolute atomic E-state index is 12.5. The highest BCUT2D eigenvalue weighted by atomic mass is 16.5. The number of para-hydroxylation sites is 1. The van der Waals surface area contributed by atoms with Crippen molar-refractivity contribution in [3.05, 3.63) is 53.7 Å². The third-order valence-electron chi connectivity index (χ3n) is 4.38. The monoisotopic (exact) mass is 368 g/mol. The predicted molar refractivity (Wildman–Crippen MR) is 99.8 cm³/mol. The summed E-state index contributed by atoms with van der Waals surface area (Å²) in [6, 6.07) is 10.1. The molecule has 2 aromatic rings. The molecular formula is C19H20N4O4. The van der Waals surface area contributed by atoms with Gasteiger partial charge in [0.1, 0.15) is 5.82 Å². The second kappa shape index (κ2) is 8.31. The van der Waals surface area contributed by atoms with E-state index in [2.05, 4.69) is 15.2 Å². The fourth-order valence-electron chi connectivity index (χ4n) is 2.84. The minimum atomic E-state index is -0.520. The standard InChI is InChI=1S/C19H20N4O4/c1-27-19(26)15-4-2-3-5-16(15)21-18(25)14-6-7-17(20-12-14)23-10-8-22(13-24)9-11-23/h2-7,12-13H,8-11H2,1H3,(H,21,25). The highest BCUT2D eigenvalue weighted by Gasteiger charge is 2.18. The summed E-state index contributed by atoms with van der Waals surface area (Å²) >= 11 is 0. The molecule has 0 aliphatic carbocycles. The minimum Gasteiger partial charge on any atom is -0.465 e. The van der Waals surface area contributed by atoms with E-state index in [1.807, 2.05) is 0 Å². The zero-order valence-electron chi connectivity index (χ0n) is 14.9. The molecule has 0 bridgehead atoms. The maximum Gasteiger partial charge on any atom is 0.339 e. The molecule has 1 aliphatic heterocycles. The summed E-state index contributed by atoms with van der Waals surface area (Å²) in [5.41, 5.74) is 1.04. The number of piperazine rings is 1. The molecule has 2 heterocycles. The Morgan fingerprint density at radius 3 is 2.48 bits per heavy atom. The van der Waals surface area contributed by atoms with Crippen LogP contribution >= 0.6 is 0 Å². The van der Waals surface area contributed by atoms with E-state index in [4.69, 9.17) is 4.74 Å². The number of hydrogen-bond donors (Lipinski definition) is 1. The number of carbonyl (C=O) groups excluding carboxylic acids is 3. The van der Waals surface area contributed by atoms with Gasteiger partial charge in [0.15, 0.2) is 0 Å². The molecule has 0 radical (unpaired) electrons. The third-order valence-corrected chi connectivity index (χ3v) is 4.38. The van der Waals surface area contributed by atoms with Gasteiger partial charge < -0.3 is 19.9 Å². The normalized spacial score (nSPS) is 13.8. The van der Waals surface area contributed by atoms with E-state index in [0.717, 1.165) is 12.2 Å². The molecule has 0 unspecified atom stereocenters. The van der Waals surface area contributed by atoms with Crippen molar-refractivity contribution in [2.24, 2.45) is 0 Å². The first-order valence-electron chi connectivity index (χ1n) is 8.51. The van der Waals surface area contributed by atoms with Crippen molar-refractivity contribution in [1.82, 2.24) is 9.88 Å². The van der Waals surface area contributed by atoms with Crippen molar-refractivity contribution in [3.8, 4) is 0 Å². The van der Waals surface area contributed by atoms with Crippen LogP contribution in [0.4, 0.5) is 11.5 Å². The van der Waals surface area contributed by atoms with Crippen LogP contribution in [0.1, 0.15) is 20.7 Å². The Morgan fingerprint density at radius 1 is 1.11 bits per heavy atom. The van der Waals surface area contributed by atoms with Gasteiger partial charge in [-0.1, -0.05) is 12.1 Å². The lowest BCUT2D eigenvalue weighted by Crippen LogP contribution is -2.46. The number of aromatic nitrogens is 1. The number of esters is 1. The SMILES string of the molecule is COC(=O)c1ccccc1NC(=O)c1ccc(N2CCN(C=O)CC2)nc1. The lowest BCUT2D eigenvalue weighted by molar-refractivity contribution is -0.118. The van der Waals surface area contributed by atoms with E-state index in [9.17, 15) is 14.4 Å². The van der Waals surface area contributed by atoms with Gasteiger partial charge in [0, 0.05) is 32.4 Å². The topological polar surface area (TPSA) is 91.8 Å². The number of nitrogens with zero attached hydrogens (tertiary/aromatic N) is 3. The van der Waals surface area contributed by atoms with Gasteiger partial charge in [-0.3, -0.25) is 9.59 Å². The van der Waals surface area contributed by atoms with E-state index in [1.165, 1.54) is 13.3 Å². The van der Waals surface area contributed by atoms with Crippen molar-refractivity contribution in [1.29, 1.82) is 0 Å². The maximum atomic E-state index is 12.5. The molecule has 1 aromatic carbocycles. The van der Waals surface area contributed by atoms with Gasteiger partial charge in [0.25, 0.3) is 5.91 Å². The lowest BCUT2D eigenvalue weighted by Gasteiger charge is -2.33. The lowest BCUT2D eigenvalue weighted by atomic mass is 10.1. The molecule has 1 saturated heterocycles. The van der Waals surface area contributed by atoms with Crippen molar-refractivity contribution in [3.63, 3.8) is 0 Å². The Balaban J connectivity index is 1.68. The first-order valence-corrected chi connectivity index (χ1v) is 8.51. The number of hydrogen-bond acceptors (Lipinski definition) is 6. The molecule has 8 heteroatoms. The van der Waals surface area contributed by atoms with E-state index in [0.29, 0.717) is 37.4 Å². The van der Waals surface area contributed by atoms with Crippen LogP contribution in [-0.4, -0.2) is 61.5 Å². The fraction of sp³-hybridized carbons (Fsp3) is 0.263. The molecule has 3 rings (SSSR count). The van der Waals surface area contributed by atoms with E-state index >= 15 is 0 Å². The van der Waals surface area contributed by atoms with Gasteiger partial charge in [0.2, 0.25) is 6.41 Å². The van der Waals surface area contributed by atoms with Gasteiger partial charge in [-0.25, -0.2) is 9.78 Å². The van der Waals surface area contributed by atoms with E-state index < -0.39 is 5.97 Å². The molecule has 1 N–H and O–H groups in total. The molecule has 27 heavy (non-hydrogen) atoms. The van der Waals surface area contributed by atoms with Crippen LogP contribution in [0.2, 0.25) is 0 Å². The molecule has 8 nitrogen and oxygen atoms in total. The van der Waals surface area contributed by atoms with Crippen molar-refractivity contribution >= 4 is 29.8 Å². The smallest absolute Gasteiger partial charge is 0.339 e. The molecule has 140 valence electrons. The van der Waals surface area contributed by atoms with Crippen LogP contribution in [0.3, 0.4) is 0 Å². The van der Waals surface area contributed by atoms with Crippen molar-refractivity contribution < 1.29 is 19.1 Å². The Hall–Kier alpha value is -3.42. The predicted octanol–water partition coefficient (Wildman–Crippen LogP) is 1.40. The number of carbonyl (C=O) groups is 3. The Morgan fingerprint density at radius 2 is 1.85 bits per heavy atom. The Labute approximate surface area is 156 Å². The third kappa shape index (κ3) is 4.22. The molecule has 0 saturated carbocycles. The van der Waals surface area contributed by atoms with Crippen LogP contribution in [0.15, 0.2) is 42.6 Å². The highest BCUT2D eigenvalue weighted by Crippen LogP contribution is 2.18. The summed E-state index contributed by atoms with van der Waals surface area (Å²) in [4.78, 5) is 43.2. The number of methoxy groups -OCH3 is 1. The Bertz CT molecular complexity index is 830. The first-order chi connectivity index (χ1) is 13.1. The quantitative estimate of drug-likeness (QED) is 0.634. The minimum absolute atomic E-state index is 0.283. The van der Waals surface area contributed by atoms with Gasteiger partial charge in [0.05, 0.1) is 23.9 Å². The number of rotatable bonds is 5. The fourth-order valence-corrected chi connectivity index (χ4v) is 2.84. The van der Waals surface area contributed by atoms with Crippen LogP contribution in [-0.2, 0) is 9.53 Å². The summed E-state index contributed by atoms with van der Waals surface area (Å²) in [6.07, 6.45) is 2.35. The summed E-state index contributed by atoms with van der Waals surface area (Å²) in [5.74, 6) is -0.128.